The molecule has 0 aromatic rings. The summed E-state index contributed by atoms with van der Waals surface area (Å²) in [5, 5.41) is 0. The Balaban J connectivity index is 0.000000144. The second-order valence-corrected chi connectivity index (χ2v) is 68.8. The average molecular weight is 2110 g/mol. The van der Waals surface area contributed by atoms with E-state index in [0.717, 1.165) is 133 Å². The van der Waals surface area contributed by atoms with Crippen LogP contribution < -0.4 is 0 Å². The van der Waals surface area contributed by atoms with Crippen LogP contribution in [0.1, 0.15) is 503 Å². The molecule has 0 N–H and O–H groups in total. The zero-order valence-corrected chi connectivity index (χ0v) is 106. The predicted octanol–water partition coefficient (Wildman–Crippen LogP) is 30.9. The first-order valence-corrected chi connectivity index (χ1v) is 63.1. The van der Waals surface area contributed by atoms with E-state index in [1.54, 1.807) is 6.92 Å². The van der Waals surface area contributed by atoms with Crippen LogP contribution in [0.2, 0.25) is 0 Å². The summed E-state index contributed by atoms with van der Waals surface area (Å²) in [5.74, 6) is 4.27. The summed E-state index contributed by atoms with van der Waals surface area (Å²) < 4.78 is 64.9. The Bertz CT molecular complexity index is 4040. The smallest absolute Gasteiger partial charge is 0.254 e. The molecule has 878 valence electrons. The molecule has 11 aliphatic carbocycles. The number of piperidine rings is 9. The molecule has 5 spiro atoms. The van der Waals surface area contributed by atoms with Crippen molar-refractivity contribution in [3.05, 3.63) is 0 Å². The summed E-state index contributed by atoms with van der Waals surface area (Å²) in [6, 6.07) is 4.65. The Morgan fingerprint density at radius 3 is 0.780 bits per heavy atom. The van der Waals surface area contributed by atoms with E-state index in [1.807, 2.05) is 0 Å². The third kappa shape index (κ3) is 33.5. The number of rotatable bonds is 0. The van der Waals surface area contributed by atoms with Crippen LogP contribution in [0.4, 0.5) is 22.0 Å². The van der Waals surface area contributed by atoms with E-state index >= 15 is 0 Å². The molecule has 17 aliphatic heterocycles. The van der Waals surface area contributed by atoms with Crippen LogP contribution in [0.15, 0.2) is 0 Å². The van der Waals surface area contributed by atoms with Crippen LogP contribution in [-0.2, 0) is 0 Å². The molecule has 28 rings (SSSR count). The fourth-order valence-corrected chi connectivity index (χ4v) is 31.5. The van der Waals surface area contributed by atoms with E-state index in [0.29, 0.717) is 80.1 Å². The number of halogens is 5. The first kappa shape index (κ1) is 128. The number of alkyl halides is 5. The Morgan fingerprint density at radius 1 is 0.227 bits per heavy atom. The molecule has 17 saturated heterocycles. The molecule has 11 saturated carbocycles. The van der Waals surface area contributed by atoms with Crippen molar-refractivity contribution in [3.8, 4) is 0 Å². The molecule has 0 radical (unpaired) electrons. The average Bonchev–Trinajstić information content (AvgIpc) is 1.46. The van der Waals surface area contributed by atoms with Crippen molar-refractivity contribution in [1.82, 2.24) is 63.7 Å². The monoisotopic (exact) mass is 2110 g/mol. The van der Waals surface area contributed by atoms with Crippen LogP contribution in [0, 0.1) is 86.3 Å². The van der Waals surface area contributed by atoms with Crippen LogP contribution in [0.3, 0.4) is 0 Å². The summed E-state index contributed by atoms with van der Waals surface area (Å²) in [4.78, 5) is 33.5. The van der Waals surface area contributed by atoms with Crippen molar-refractivity contribution in [2.45, 2.75) is 623 Å². The normalized spacial score (nSPS) is 34.6. The maximum absolute atomic E-state index is 13.4. The number of fused-ring (bicyclic) bond motifs is 12. The Morgan fingerprint density at radius 2 is 0.520 bits per heavy atom. The Kier molecular flexibility index (Phi) is 39.4. The van der Waals surface area contributed by atoms with Gasteiger partial charge in [-0.2, -0.15) is 0 Å². The highest BCUT2D eigenvalue weighted by molar-refractivity contribution is 5.18. The molecular weight excluding hydrogens is 1860 g/mol. The van der Waals surface area contributed by atoms with Gasteiger partial charge in [0.15, 0.2) is 0 Å². The minimum Gasteiger partial charge on any atom is -0.298 e. The van der Waals surface area contributed by atoms with Gasteiger partial charge in [-0.15, -0.1) is 0 Å². The van der Waals surface area contributed by atoms with Gasteiger partial charge in [-0.05, 0) is 560 Å². The van der Waals surface area contributed by atoms with Crippen molar-refractivity contribution < 1.29 is 22.0 Å². The van der Waals surface area contributed by atoms with Crippen LogP contribution in [-0.4, -0.2) is 321 Å². The first-order valence-electron chi connectivity index (χ1n) is 63.1. The second-order valence-electron chi connectivity index (χ2n) is 68.8. The van der Waals surface area contributed by atoms with E-state index in [2.05, 4.69) is 341 Å². The van der Waals surface area contributed by atoms with Gasteiger partial charge in [0.05, 0.1) is 0 Å². The SMILES string of the molecule is C.CC(C)(C)N1C2CCC1CC2.CC(C)(C)N1CC2(C1)CC(F)(F)C2.CC(C)(C)N1CC2CC(C2)C1.CC(C)(C)N1CC2CC1C2.CC(C)(C)N1CC2CC2C1.CC(C)(C)N1CC2CCC1C2.CC(C)(C)N1CC2CCC1CC2.CC(C)(C)N1CCC2(CC1)CC2.CC(C)(C)N1CCC2(CC1)CC2(F)F.CC(C)(C)N1CCC2(CC2)C1.CC(C)(C)N1CCC2(CCCC2)C1.CC1(F)C2CN(C(C)(C)C)CC21.CC1CN(C(C)(C)C)C1. The van der Waals surface area contributed by atoms with Gasteiger partial charge in [0, 0.05) is 242 Å². The zero-order valence-electron chi connectivity index (χ0n) is 106. The number of hydrogen-bond acceptors (Lipinski definition) is 13. The first-order chi connectivity index (χ1) is 67.8. The lowest BCUT2D eigenvalue weighted by Crippen LogP contribution is -2.69. The van der Waals surface area contributed by atoms with E-state index in [4.69, 9.17) is 0 Å². The van der Waals surface area contributed by atoms with Gasteiger partial charge < -0.3 is 0 Å². The van der Waals surface area contributed by atoms with Crippen LogP contribution >= 0.6 is 0 Å². The maximum atomic E-state index is 13.4. The summed E-state index contributed by atoms with van der Waals surface area (Å²) in [6.07, 6.45) is 43.3. The van der Waals surface area contributed by atoms with Gasteiger partial charge in [-0.25, -0.2) is 22.0 Å². The van der Waals surface area contributed by atoms with Gasteiger partial charge in [0.2, 0.25) is 5.92 Å². The minimum atomic E-state index is -2.36. The molecule has 28 aliphatic rings. The predicted molar refractivity (Wildman–Crippen MR) is 633 cm³/mol. The zero-order chi connectivity index (χ0) is 111. The lowest BCUT2D eigenvalue weighted by atomic mass is 9.60. The molecule has 6 unspecified atom stereocenters. The molecule has 150 heavy (non-hydrogen) atoms. The number of likely N-dealkylation sites (tertiary alicyclic amines) is 9. The quantitative estimate of drug-likeness (QED) is 0.217. The van der Waals surface area contributed by atoms with Crippen molar-refractivity contribution in [1.29, 1.82) is 0 Å². The summed E-state index contributed by atoms with van der Waals surface area (Å²) >= 11 is 0. The highest BCUT2D eigenvalue weighted by Gasteiger charge is 2.71. The Labute approximate surface area is 926 Å². The molecule has 10 bridgehead atoms. The van der Waals surface area contributed by atoms with Gasteiger partial charge in [0.1, 0.15) is 5.67 Å². The van der Waals surface area contributed by atoms with E-state index in [1.165, 1.54) is 278 Å². The topological polar surface area (TPSA) is 42.1 Å². The fourth-order valence-electron chi connectivity index (χ4n) is 31.5. The molecule has 0 aromatic carbocycles. The lowest BCUT2D eigenvalue weighted by molar-refractivity contribution is -0.227. The molecular formula is C132H250F5N13. The third-order valence-corrected chi connectivity index (χ3v) is 43.1. The van der Waals surface area contributed by atoms with Crippen LogP contribution in [0.25, 0.3) is 0 Å². The number of nitrogens with zero attached hydrogens (tertiary/aromatic N) is 13. The molecule has 0 amide bonds. The maximum Gasteiger partial charge on any atom is 0.254 e. The summed E-state index contributed by atoms with van der Waals surface area (Å²) in [7, 11) is 0. The summed E-state index contributed by atoms with van der Waals surface area (Å²) in [6.45, 7) is 119. The van der Waals surface area contributed by atoms with E-state index in [-0.39, 0.29) is 48.7 Å². The minimum absolute atomic E-state index is 0. The van der Waals surface area contributed by atoms with Crippen molar-refractivity contribution >= 4 is 0 Å². The van der Waals surface area contributed by atoms with Crippen molar-refractivity contribution in [2.75, 3.05) is 137 Å². The van der Waals surface area contributed by atoms with Gasteiger partial charge in [-0.3, -0.25) is 63.7 Å². The van der Waals surface area contributed by atoms with Crippen molar-refractivity contribution in [2.24, 2.45) is 86.3 Å². The molecule has 18 heteroatoms. The molecule has 0 aromatic heterocycles. The van der Waals surface area contributed by atoms with Gasteiger partial charge in [-0.1, -0.05) is 27.2 Å². The van der Waals surface area contributed by atoms with Crippen molar-refractivity contribution in [3.63, 3.8) is 0 Å². The molecule has 17 heterocycles. The van der Waals surface area contributed by atoms with E-state index in [9.17, 15) is 22.0 Å². The van der Waals surface area contributed by atoms with Gasteiger partial charge >= 0.3 is 0 Å². The highest BCUT2D eigenvalue weighted by Crippen LogP contribution is 2.67. The summed E-state index contributed by atoms with van der Waals surface area (Å²) in [5.41, 5.74) is 5.55. The lowest BCUT2D eigenvalue weighted by Gasteiger charge is -2.62. The highest BCUT2D eigenvalue weighted by atomic mass is 19.3. The molecule has 6 atom stereocenters. The number of hydrogen-bond donors (Lipinski definition) is 0. The Hall–Kier alpha value is -0.870. The standard InChI is InChI=1S/C12H23N.C11H19F2N.2C11H21N.C10H17F2N.C10H18FN.4C10H19N.2C9H17N.C8H17N.CH4/c1-11(2,3)13-9-8-12(10-13)6-4-5-7-12;1-9(2,3)14-6-4-10(5-7-14)8-11(10,12)13;1-11(2,3)12-8-9-4-6-10(12)7-5-9;1-10(2,3)12-8-6-11(4-5-11)7-9-12;1-8(2,3)13-6-9(7-13)4-10(11,12)5-9;1-9(2,3)12-5-7-8(6-12)10(7,4)11;1-10(2,3)11-6-8-4-9(5-8)7-11;1-10(2,3)11-7-8-4-5-9(11)6-8;1-9(2,3)11-7-6-10(8-11)4-5-10;1-10(2,3)11-8-4-5-9(11)7-6-8;1-9(2,3)10-5-7-4-8(7)6-10;1-9(2,3)10-6-7-4-8(10)5-7;1-7-5-9(6-7)8(2,3)4;/h4-10H2,1-3H3;4-8H2,1-3H3;9-10H,4-8H2,1-3H3;4-9H2,1-3H3;4-7H2,1-3H3;7-8H,5-6H2,1-4H3;2*8-9H,4-7H2,1-3H3;4-8H2,1-3H3;8-9H,4-7H2,1-3H3;2*7-8H,4-6H2,1-3H3;7H,5-6H2,1-4H3;1H4. The second kappa shape index (κ2) is 46.3. The molecule has 28 fully saturated rings. The van der Waals surface area contributed by atoms with Gasteiger partial charge in [0.25, 0.3) is 5.92 Å². The third-order valence-electron chi connectivity index (χ3n) is 43.1. The van der Waals surface area contributed by atoms with Crippen LogP contribution in [0.5, 0.6) is 0 Å². The largest absolute Gasteiger partial charge is 0.298 e. The van der Waals surface area contributed by atoms with E-state index < -0.39 is 22.9 Å². The molecule has 13 nitrogen and oxygen atoms in total. The fraction of sp³-hybridized carbons (Fsp3) is 1.00.